The van der Waals surface area contributed by atoms with E-state index in [9.17, 15) is 4.39 Å². The highest BCUT2D eigenvalue weighted by molar-refractivity contribution is 5.79. The number of nitrogens with zero attached hydrogens (tertiary/aromatic N) is 1. The van der Waals surface area contributed by atoms with E-state index in [1.165, 1.54) is 12.1 Å². The third kappa shape index (κ3) is 3.70. The van der Waals surface area contributed by atoms with Gasteiger partial charge < -0.3 is 4.84 Å². The molecule has 0 heterocycles. The smallest absolute Gasteiger partial charge is 0.142 e. The molecule has 0 atom stereocenters. The van der Waals surface area contributed by atoms with Gasteiger partial charge in [0.15, 0.2) is 0 Å². The molecule has 0 fully saturated rings. The highest BCUT2D eigenvalue weighted by Gasteiger charge is 1.95. The lowest BCUT2D eigenvalue weighted by molar-refractivity contribution is 0.132. The van der Waals surface area contributed by atoms with E-state index in [4.69, 9.17) is 4.84 Å². The Labute approximate surface area is 106 Å². The summed E-state index contributed by atoms with van der Waals surface area (Å²) in [4.78, 5) is 5.07. The van der Waals surface area contributed by atoms with Gasteiger partial charge in [-0.2, -0.15) is 0 Å². The van der Waals surface area contributed by atoms with Gasteiger partial charge >= 0.3 is 0 Å². The maximum Gasteiger partial charge on any atom is 0.142 e. The molecule has 0 amide bonds. The molecular weight excluding hydrogens is 229 g/mol. The molecular formula is C15H13FNO. The fraction of sp³-hybridized carbons (Fsp3) is 0.133. The lowest BCUT2D eigenvalue weighted by Gasteiger charge is -1.99. The van der Waals surface area contributed by atoms with E-state index in [-0.39, 0.29) is 12.4 Å². The van der Waals surface area contributed by atoms with Gasteiger partial charge in [-0.15, -0.1) is 0 Å². The molecule has 0 saturated heterocycles. The summed E-state index contributed by atoms with van der Waals surface area (Å²) in [7, 11) is 0. The van der Waals surface area contributed by atoms with Crippen molar-refractivity contribution in [2.24, 2.45) is 5.16 Å². The monoisotopic (exact) mass is 242 g/mol. The summed E-state index contributed by atoms with van der Waals surface area (Å²) in [6.07, 6.45) is 2.78. The van der Waals surface area contributed by atoms with Crippen LogP contribution in [0.4, 0.5) is 4.39 Å². The van der Waals surface area contributed by atoms with Gasteiger partial charge in [-0.1, -0.05) is 41.1 Å². The van der Waals surface area contributed by atoms with Crippen LogP contribution in [0, 0.1) is 12.7 Å². The second-order valence-corrected chi connectivity index (χ2v) is 3.98. The number of aryl methyl sites for hydroxylation is 1. The number of benzene rings is 2. The van der Waals surface area contributed by atoms with Gasteiger partial charge in [0.05, 0.1) is 0 Å². The highest BCUT2D eigenvalue weighted by Crippen LogP contribution is 2.05. The zero-order valence-electron chi connectivity index (χ0n) is 10.1. The van der Waals surface area contributed by atoms with Crippen LogP contribution in [0.15, 0.2) is 53.7 Å². The predicted octanol–water partition coefficient (Wildman–Crippen LogP) is 3.56. The Bertz CT molecular complexity index is 552. The quantitative estimate of drug-likeness (QED) is 0.593. The minimum atomic E-state index is -0.275. The number of rotatable bonds is 4. The summed E-state index contributed by atoms with van der Waals surface area (Å²) in [5.41, 5.74) is 2.74. The fourth-order valence-corrected chi connectivity index (χ4v) is 1.53. The van der Waals surface area contributed by atoms with Crippen molar-refractivity contribution in [3.05, 3.63) is 71.0 Å². The Morgan fingerprint density at radius 2 is 2.00 bits per heavy atom. The number of hydrogen-bond acceptors (Lipinski definition) is 2. The standard InChI is InChI=1S/C15H13FNO/c1-12-4-2-5-13(8-12)10-17-18-11-14-6-3-7-15(16)9-14/h2-9H,11H2,1H3. The van der Waals surface area contributed by atoms with Crippen LogP contribution in [-0.4, -0.2) is 6.21 Å². The SMILES string of the molecule is Cc1cccc(/[C]=N\OCc2cccc(F)c2)c1. The van der Waals surface area contributed by atoms with E-state index in [1.807, 2.05) is 31.2 Å². The van der Waals surface area contributed by atoms with Crippen molar-refractivity contribution >= 4 is 6.21 Å². The lowest BCUT2D eigenvalue weighted by Crippen LogP contribution is -1.89. The van der Waals surface area contributed by atoms with E-state index < -0.39 is 0 Å². The molecule has 2 aromatic carbocycles. The largest absolute Gasteiger partial charge is 0.390 e. The zero-order chi connectivity index (χ0) is 12.8. The summed E-state index contributed by atoms with van der Waals surface area (Å²) in [6.45, 7) is 2.23. The van der Waals surface area contributed by atoms with Crippen molar-refractivity contribution in [1.82, 2.24) is 0 Å². The highest BCUT2D eigenvalue weighted by atomic mass is 19.1. The normalized spacial score (nSPS) is 10.8. The zero-order valence-corrected chi connectivity index (χ0v) is 10.1. The molecule has 91 valence electrons. The van der Waals surface area contributed by atoms with Gasteiger partial charge in [0.2, 0.25) is 0 Å². The van der Waals surface area contributed by atoms with Crippen LogP contribution in [0.25, 0.3) is 0 Å². The van der Waals surface area contributed by atoms with Gasteiger partial charge in [0.1, 0.15) is 18.6 Å². The van der Waals surface area contributed by atoms with Crippen LogP contribution in [0.5, 0.6) is 0 Å². The number of hydrogen-bond donors (Lipinski definition) is 0. The molecule has 0 saturated carbocycles. The maximum absolute atomic E-state index is 12.9. The maximum atomic E-state index is 12.9. The van der Waals surface area contributed by atoms with Gasteiger partial charge in [-0.3, -0.25) is 0 Å². The summed E-state index contributed by atoms with van der Waals surface area (Å²) in [6, 6.07) is 14.0. The Balaban J connectivity index is 1.89. The average Bonchev–Trinajstić information content (AvgIpc) is 2.35. The van der Waals surface area contributed by atoms with Crippen molar-refractivity contribution < 1.29 is 9.23 Å². The molecule has 18 heavy (non-hydrogen) atoms. The molecule has 2 rings (SSSR count). The topological polar surface area (TPSA) is 21.6 Å². The molecule has 0 aliphatic rings. The minimum Gasteiger partial charge on any atom is -0.390 e. The Morgan fingerprint density at radius 3 is 2.78 bits per heavy atom. The third-order valence-corrected chi connectivity index (χ3v) is 2.38. The van der Waals surface area contributed by atoms with Gasteiger partial charge in [0, 0.05) is 5.56 Å². The second kappa shape index (κ2) is 5.96. The Hall–Kier alpha value is -2.16. The van der Waals surface area contributed by atoms with Crippen LogP contribution in [-0.2, 0) is 11.4 Å². The summed E-state index contributed by atoms with van der Waals surface area (Å²) in [5, 5.41) is 3.74. The molecule has 0 aromatic heterocycles. The van der Waals surface area contributed by atoms with Crippen molar-refractivity contribution in [3.8, 4) is 0 Å². The first-order valence-corrected chi connectivity index (χ1v) is 5.63. The molecule has 1 radical (unpaired) electrons. The average molecular weight is 242 g/mol. The van der Waals surface area contributed by atoms with Crippen LogP contribution < -0.4 is 0 Å². The molecule has 0 N–H and O–H groups in total. The van der Waals surface area contributed by atoms with Crippen LogP contribution in [0.1, 0.15) is 16.7 Å². The van der Waals surface area contributed by atoms with Crippen molar-refractivity contribution in [2.75, 3.05) is 0 Å². The van der Waals surface area contributed by atoms with Crippen molar-refractivity contribution in [3.63, 3.8) is 0 Å². The van der Waals surface area contributed by atoms with E-state index >= 15 is 0 Å². The molecule has 0 bridgehead atoms. The summed E-state index contributed by atoms with van der Waals surface area (Å²) >= 11 is 0. The minimum absolute atomic E-state index is 0.233. The van der Waals surface area contributed by atoms with E-state index in [1.54, 1.807) is 12.1 Å². The predicted molar refractivity (Wildman–Crippen MR) is 68.9 cm³/mol. The Morgan fingerprint density at radius 1 is 1.17 bits per heavy atom. The van der Waals surface area contributed by atoms with E-state index in [0.29, 0.717) is 0 Å². The third-order valence-electron chi connectivity index (χ3n) is 2.38. The van der Waals surface area contributed by atoms with Crippen LogP contribution in [0.2, 0.25) is 0 Å². The molecule has 0 spiro atoms. The second-order valence-electron chi connectivity index (χ2n) is 3.98. The van der Waals surface area contributed by atoms with Crippen LogP contribution in [0.3, 0.4) is 0 Å². The fourth-order valence-electron chi connectivity index (χ4n) is 1.53. The molecule has 2 aromatic rings. The van der Waals surface area contributed by atoms with Gasteiger partial charge in [-0.05, 0) is 30.7 Å². The first-order chi connectivity index (χ1) is 8.74. The van der Waals surface area contributed by atoms with Crippen molar-refractivity contribution in [2.45, 2.75) is 13.5 Å². The summed E-state index contributed by atoms with van der Waals surface area (Å²) < 4.78 is 12.9. The first-order valence-electron chi connectivity index (χ1n) is 5.63. The van der Waals surface area contributed by atoms with Crippen LogP contribution >= 0.6 is 0 Å². The molecule has 3 heteroatoms. The van der Waals surface area contributed by atoms with Gasteiger partial charge in [0.25, 0.3) is 0 Å². The lowest BCUT2D eigenvalue weighted by atomic mass is 10.2. The first kappa shape index (κ1) is 12.3. The number of halogens is 1. The molecule has 0 unspecified atom stereocenters. The van der Waals surface area contributed by atoms with Gasteiger partial charge in [-0.25, -0.2) is 4.39 Å². The molecule has 2 nitrogen and oxygen atoms in total. The van der Waals surface area contributed by atoms with E-state index in [0.717, 1.165) is 16.7 Å². The van der Waals surface area contributed by atoms with Crippen molar-refractivity contribution in [1.29, 1.82) is 0 Å². The Kier molecular flexibility index (Phi) is 4.07. The molecule has 0 aliphatic carbocycles. The molecule has 0 aliphatic heterocycles. The van der Waals surface area contributed by atoms with E-state index in [2.05, 4.69) is 11.4 Å². The summed E-state index contributed by atoms with van der Waals surface area (Å²) in [5.74, 6) is -0.275.